The Morgan fingerprint density at radius 3 is 3.00 bits per heavy atom. The van der Waals surface area contributed by atoms with Crippen LogP contribution in [0.2, 0.25) is 0 Å². The molecule has 4 rings (SSSR count). The quantitative estimate of drug-likeness (QED) is 0.704. The normalized spacial score (nSPS) is 17.4. The van der Waals surface area contributed by atoms with Gasteiger partial charge >= 0.3 is 0 Å². The Kier molecular flexibility index (Phi) is 4.64. The van der Waals surface area contributed by atoms with Crippen molar-refractivity contribution >= 4 is 10.9 Å². The van der Waals surface area contributed by atoms with Gasteiger partial charge in [0.05, 0.1) is 17.1 Å². The van der Waals surface area contributed by atoms with Gasteiger partial charge in [-0.15, -0.1) is 0 Å². The number of likely N-dealkylation sites (N-methyl/N-ethyl adjacent to an activating group) is 1. The van der Waals surface area contributed by atoms with Crippen LogP contribution in [-0.2, 0) is 0 Å². The topological polar surface area (TPSA) is 79.8 Å². The maximum absolute atomic E-state index is 10.3. The molecule has 0 bridgehead atoms. The molecule has 7 heteroatoms. The Morgan fingerprint density at radius 1 is 1.27 bits per heavy atom. The molecule has 2 atom stereocenters. The molecule has 3 aromatic rings. The van der Waals surface area contributed by atoms with Gasteiger partial charge in [-0.1, -0.05) is 18.2 Å². The van der Waals surface area contributed by atoms with E-state index >= 15 is 0 Å². The summed E-state index contributed by atoms with van der Waals surface area (Å²) >= 11 is 0. The van der Waals surface area contributed by atoms with Crippen molar-refractivity contribution in [1.82, 2.24) is 15.1 Å². The monoisotopic (exact) mass is 355 g/mol. The summed E-state index contributed by atoms with van der Waals surface area (Å²) in [6, 6.07) is 13.3. The first-order chi connectivity index (χ1) is 12.7. The van der Waals surface area contributed by atoms with E-state index in [0.717, 1.165) is 16.7 Å². The van der Waals surface area contributed by atoms with E-state index in [4.69, 9.17) is 14.2 Å². The summed E-state index contributed by atoms with van der Waals surface area (Å²) in [6.07, 6.45) is 0.799. The van der Waals surface area contributed by atoms with Crippen LogP contribution >= 0.6 is 0 Å². The van der Waals surface area contributed by atoms with Gasteiger partial charge < -0.3 is 19.3 Å². The third-order valence-corrected chi connectivity index (χ3v) is 4.36. The molecule has 0 spiro atoms. The second-order valence-corrected chi connectivity index (χ2v) is 6.32. The van der Waals surface area contributed by atoms with E-state index < -0.39 is 6.10 Å². The summed E-state index contributed by atoms with van der Waals surface area (Å²) in [7, 11) is 1.89. The van der Waals surface area contributed by atoms with E-state index in [9.17, 15) is 5.11 Å². The summed E-state index contributed by atoms with van der Waals surface area (Å²) in [4.78, 5) is 1.92. The average molecular weight is 355 g/mol. The second kappa shape index (κ2) is 7.23. The highest BCUT2D eigenvalue weighted by Gasteiger charge is 2.25. The van der Waals surface area contributed by atoms with Crippen molar-refractivity contribution in [2.75, 3.05) is 26.8 Å². The van der Waals surface area contributed by atoms with Crippen LogP contribution in [0.25, 0.3) is 10.9 Å². The first kappa shape index (κ1) is 16.7. The lowest BCUT2D eigenvalue weighted by molar-refractivity contribution is -0.0387. The minimum Gasteiger partial charge on any atom is -0.490 e. The molecule has 1 aromatic heterocycles. The number of fused-ring (bicyclic) bond motifs is 2. The van der Waals surface area contributed by atoms with E-state index in [0.29, 0.717) is 24.7 Å². The summed E-state index contributed by atoms with van der Waals surface area (Å²) in [6.45, 7) is 0.992. The number of aliphatic hydroxyl groups excluding tert-OH is 1. The predicted molar refractivity (Wildman–Crippen MR) is 96.6 cm³/mol. The molecule has 0 fully saturated rings. The molecule has 26 heavy (non-hydrogen) atoms. The molecular weight excluding hydrogens is 334 g/mol. The van der Waals surface area contributed by atoms with Crippen molar-refractivity contribution in [3.63, 3.8) is 0 Å². The number of ether oxygens (including phenoxy) is 3. The minimum atomic E-state index is -0.664. The highest BCUT2D eigenvalue weighted by molar-refractivity contribution is 5.84. The first-order valence-electron chi connectivity index (χ1n) is 8.52. The average Bonchev–Trinajstić information content (AvgIpc) is 3.15. The number of rotatable bonds is 6. The fourth-order valence-electron chi connectivity index (χ4n) is 2.98. The molecule has 2 N–H and O–H groups in total. The lowest BCUT2D eigenvalue weighted by atomic mass is 10.2. The smallest absolute Gasteiger partial charge is 0.187 e. The molecule has 2 aromatic carbocycles. The van der Waals surface area contributed by atoms with Crippen LogP contribution < -0.4 is 14.2 Å². The summed E-state index contributed by atoms with van der Waals surface area (Å²) in [5.74, 6) is 2.16. The number of hydrogen-bond acceptors (Lipinski definition) is 6. The first-order valence-corrected chi connectivity index (χ1v) is 8.52. The highest BCUT2D eigenvalue weighted by atomic mass is 16.6. The Morgan fingerprint density at radius 2 is 2.12 bits per heavy atom. The molecule has 7 nitrogen and oxygen atoms in total. The predicted octanol–water partition coefficient (Wildman–Crippen LogP) is 2.03. The molecule has 1 aliphatic rings. The van der Waals surface area contributed by atoms with Crippen LogP contribution in [0.1, 0.15) is 0 Å². The largest absolute Gasteiger partial charge is 0.490 e. The number of benzene rings is 2. The summed E-state index contributed by atoms with van der Waals surface area (Å²) in [5.41, 5.74) is 0.903. The number of H-pyrrole nitrogens is 1. The van der Waals surface area contributed by atoms with Gasteiger partial charge in [0.2, 0.25) is 0 Å². The van der Waals surface area contributed by atoms with Crippen LogP contribution in [0.15, 0.2) is 48.7 Å². The standard InChI is InChI=1S/C19H21N3O4/c1-22(19-12-25-17-6-2-3-7-18(17)26-19)10-13(23)11-24-16-8-4-5-15-14(16)9-20-21-15/h2-9,13,19,23H,10-12H2,1H3,(H,20,21). The number of aromatic amines is 1. The second-order valence-electron chi connectivity index (χ2n) is 6.32. The van der Waals surface area contributed by atoms with Crippen LogP contribution in [0.3, 0.4) is 0 Å². The van der Waals surface area contributed by atoms with Crippen molar-refractivity contribution in [2.24, 2.45) is 0 Å². The molecule has 0 radical (unpaired) electrons. The molecular formula is C19H21N3O4. The Balaban J connectivity index is 1.32. The Bertz CT molecular complexity index is 882. The molecule has 0 amide bonds. The number of aromatic nitrogens is 2. The Labute approximate surface area is 151 Å². The van der Waals surface area contributed by atoms with Gasteiger partial charge in [0, 0.05) is 6.54 Å². The van der Waals surface area contributed by atoms with Gasteiger partial charge in [0.25, 0.3) is 0 Å². The van der Waals surface area contributed by atoms with Crippen LogP contribution in [-0.4, -0.2) is 59.3 Å². The SMILES string of the molecule is CN(CC(O)COc1cccc2[nH]ncc12)C1COc2ccccc2O1. The maximum Gasteiger partial charge on any atom is 0.187 e. The molecule has 136 valence electrons. The highest BCUT2D eigenvalue weighted by Crippen LogP contribution is 2.31. The van der Waals surface area contributed by atoms with Crippen molar-refractivity contribution in [1.29, 1.82) is 0 Å². The fraction of sp³-hybridized carbons (Fsp3) is 0.316. The van der Waals surface area contributed by atoms with Gasteiger partial charge in [-0.2, -0.15) is 5.10 Å². The molecule has 2 heterocycles. The molecule has 0 saturated carbocycles. The van der Waals surface area contributed by atoms with Crippen LogP contribution in [0.5, 0.6) is 17.2 Å². The zero-order valence-electron chi connectivity index (χ0n) is 14.5. The van der Waals surface area contributed by atoms with Crippen molar-refractivity contribution in [3.05, 3.63) is 48.7 Å². The zero-order valence-corrected chi connectivity index (χ0v) is 14.5. The zero-order chi connectivity index (χ0) is 17.9. The lowest BCUT2D eigenvalue weighted by Gasteiger charge is -2.33. The van der Waals surface area contributed by atoms with Gasteiger partial charge in [-0.05, 0) is 31.3 Å². The number of nitrogens with zero attached hydrogens (tertiary/aromatic N) is 2. The van der Waals surface area contributed by atoms with E-state index in [1.54, 1.807) is 6.20 Å². The third kappa shape index (κ3) is 3.44. The van der Waals surface area contributed by atoms with E-state index in [1.165, 1.54) is 0 Å². The lowest BCUT2D eigenvalue weighted by Crippen LogP contribution is -2.47. The molecule has 2 unspecified atom stereocenters. The van der Waals surface area contributed by atoms with Gasteiger partial charge in [-0.25, -0.2) is 0 Å². The summed E-state index contributed by atoms with van der Waals surface area (Å²) in [5, 5.41) is 18.2. The number of aliphatic hydroxyl groups is 1. The number of para-hydroxylation sites is 2. The van der Waals surface area contributed by atoms with Crippen LogP contribution in [0.4, 0.5) is 0 Å². The summed E-state index contributed by atoms with van der Waals surface area (Å²) < 4.78 is 17.4. The van der Waals surface area contributed by atoms with E-state index in [1.807, 2.05) is 54.4 Å². The van der Waals surface area contributed by atoms with Gasteiger partial charge in [-0.3, -0.25) is 10.00 Å². The van der Waals surface area contributed by atoms with Crippen molar-refractivity contribution < 1.29 is 19.3 Å². The van der Waals surface area contributed by atoms with Crippen molar-refractivity contribution in [2.45, 2.75) is 12.3 Å². The van der Waals surface area contributed by atoms with Gasteiger partial charge in [0.1, 0.15) is 25.1 Å². The molecule has 0 saturated heterocycles. The number of nitrogens with one attached hydrogen (secondary N) is 1. The molecule has 1 aliphatic heterocycles. The van der Waals surface area contributed by atoms with E-state index in [2.05, 4.69) is 10.2 Å². The fourth-order valence-corrected chi connectivity index (χ4v) is 2.98. The maximum atomic E-state index is 10.3. The third-order valence-electron chi connectivity index (χ3n) is 4.36. The number of hydrogen-bond donors (Lipinski definition) is 2. The van der Waals surface area contributed by atoms with Crippen LogP contribution in [0, 0.1) is 0 Å². The minimum absolute atomic E-state index is 0.179. The van der Waals surface area contributed by atoms with Crippen molar-refractivity contribution in [3.8, 4) is 17.2 Å². The molecule has 0 aliphatic carbocycles. The Hall–Kier alpha value is -2.77. The van der Waals surface area contributed by atoms with Gasteiger partial charge in [0.15, 0.2) is 17.7 Å². The van der Waals surface area contributed by atoms with E-state index in [-0.39, 0.29) is 12.8 Å².